The van der Waals surface area contributed by atoms with Crippen molar-refractivity contribution < 1.29 is 0 Å². The summed E-state index contributed by atoms with van der Waals surface area (Å²) < 4.78 is 0. The summed E-state index contributed by atoms with van der Waals surface area (Å²) in [6.45, 7) is 17.8. The van der Waals surface area contributed by atoms with E-state index in [0.29, 0.717) is 16.9 Å². The Balaban J connectivity index is 2.72. The number of nitrogens with one attached hydrogen (secondary N) is 1. The minimum atomic E-state index is 0.354. The van der Waals surface area contributed by atoms with E-state index >= 15 is 0 Å². The third-order valence-corrected chi connectivity index (χ3v) is 5.61. The molecule has 0 saturated heterocycles. The predicted molar refractivity (Wildman–Crippen MR) is 94.8 cm³/mol. The van der Waals surface area contributed by atoms with Gasteiger partial charge in [0, 0.05) is 19.1 Å². The molecule has 1 rings (SSSR count). The molecule has 21 heavy (non-hydrogen) atoms. The molecule has 0 aromatic carbocycles. The molecule has 0 radical (unpaired) electrons. The lowest BCUT2D eigenvalue weighted by molar-refractivity contribution is 0.0470. The second-order valence-corrected chi connectivity index (χ2v) is 8.84. The predicted octanol–water partition coefficient (Wildman–Crippen LogP) is 4.55. The topological polar surface area (TPSA) is 15.3 Å². The molecule has 3 atom stereocenters. The molecule has 0 amide bonds. The first kappa shape index (κ1) is 19.0. The van der Waals surface area contributed by atoms with E-state index in [-0.39, 0.29) is 0 Å². The zero-order chi connectivity index (χ0) is 16.1. The third-order valence-electron chi connectivity index (χ3n) is 5.61. The van der Waals surface area contributed by atoms with Crippen LogP contribution in [-0.4, -0.2) is 37.6 Å². The second-order valence-electron chi connectivity index (χ2n) is 8.84. The summed E-state index contributed by atoms with van der Waals surface area (Å²) in [5.74, 6) is 0.889. The number of hydrogen-bond donors (Lipinski definition) is 1. The highest BCUT2D eigenvalue weighted by molar-refractivity contribution is 4.91. The van der Waals surface area contributed by atoms with Crippen LogP contribution in [0.25, 0.3) is 0 Å². The van der Waals surface area contributed by atoms with E-state index in [1.54, 1.807) is 0 Å². The molecular formula is C19H40N2. The first-order chi connectivity index (χ1) is 9.70. The Hall–Kier alpha value is -0.0800. The Morgan fingerprint density at radius 3 is 2.52 bits per heavy atom. The van der Waals surface area contributed by atoms with E-state index in [1.807, 2.05) is 0 Å². The number of hydrogen-bond acceptors (Lipinski definition) is 2. The van der Waals surface area contributed by atoms with Crippen LogP contribution in [0.2, 0.25) is 0 Å². The summed E-state index contributed by atoms with van der Waals surface area (Å²) >= 11 is 0. The van der Waals surface area contributed by atoms with Crippen LogP contribution in [0.5, 0.6) is 0 Å². The van der Waals surface area contributed by atoms with Gasteiger partial charge in [-0.1, -0.05) is 47.5 Å². The van der Waals surface area contributed by atoms with Crippen molar-refractivity contribution >= 4 is 0 Å². The molecule has 0 aliphatic heterocycles. The first-order valence-corrected chi connectivity index (χ1v) is 9.11. The molecule has 1 aliphatic rings. The van der Waals surface area contributed by atoms with Crippen molar-refractivity contribution in [1.29, 1.82) is 0 Å². The molecule has 1 aliphatic carbocycles. The van der Waals surface area contributed by atoms with Gasteiger partial charge in [-0.3, -0.25) is 0 Å². The van der Waals surface area contributed by atoms with Gasteiger partial charge in [-0.05, 0) is 56.5 Å². The monoisotopic (exact) mass is 296 g/mol. The van der Waals surface area contributed by atoms with E-state index < -0.39 is 0 Å². The van der Waals surface area contributed by atoms with Gasteiger partial charge in [0.1, 0.15) is 0 Å². The van der Waals surface area contributed by atoms with Crippen LogP contribution in [0.1, 0.15) is 73.6 Å². The smallest absolute Gasteiger partial charge is 0.0113 e. The van der Waals surface area contributed by atoms with Crippen molar-refractivity contribution in [2.75, 3.05) is 26.7 Å². The van der Waals surface area contributed by atoms with Crippen molar-refractivity contribution in [3.05, 3.63) is 0 Å². The van der Waals surface area contributed by atoms with Crippen LogP contribution in [0, 0.1) is 16.7 Å². The quantitative estimate of drug-likeness (QED) is 0.693. The van der Waals surface area contributed by atoms with E-state index in [0.717, 1.165) is 12.5 Å². The largest absolute Gasteiger partial charge is 0.316 e. The van der Waals surface area contributed by atoms with Gasteiger partial charge < -0.3 is 10.2 Å². The lowest BCUT2D eigenvalue weighted by Crippen LogP contribution is -2.50. The van der Waals surface area contributed by atoms with Gasteiger partial charge in [-0.15, -0.1) is 0 Å². The molecule has 0 spiro atoms. The van der Waals surface area contributed by atoms with Gasteiger partial charge in [0.25, 0.3) is 0 Å². The van der Waals surface area contributed by atoms with Crippen molar-refractivity contribution in [1.82, 2.24) is 10.2 Å². The summed E-state index contributed by atoms with van der Waals surface area (Å²) in [5.41, 5.74) is 0.841. The molecule has 0 aromatic heterocycles. The average Bonchev–Trinajstić information content (AvgIpc) is 2.37. The molecule has 2 heteroatoms. The third kappa shape index (κ3) is 5.90. The molecule has 1 saturated carbocycles. The van der Waals surface area contributed by atoms with Gasteiger partial charge in [-0.2, -0.15) is 0 Å². The summed E-state index contributed by atoms with van der Waals surface area (Å²) in [6.07, 6.45) is 6.86. The zero-order valence-corrected chi connectivity index (χ0v) is 15.8. The van der Waals surface area contributed by atoms with Gasteiger partial charge in [0.05, 0.1) is 0 Å². The summed E-state index contributed by atoms with van der Waals surface area (Å²) in [6, 6.07) is 0.623. The number of nitrogens with zero attached hydrogens (tertiary/aromatic N) is 1. The Bertz CT molecular complexity index is 294. The maximum absolute atomic E-state index is 3.72. The summed E-state index contributed by atoms with van der Waals surface area (Å²) in [4.78, 5) is 2.62. The van der Waals surface area contributed by atoms with Gasteiger partial charge >= 0.3 is 0 Å². The fourth-order valence-corrected chi connectivity index (χ4v) is 3.99. The van der Waals surface area contributed by atoms with Crippen molar-refractivity contribution in [2.24, 2.45) is 16.7 Å². The molecule has 1 fully saturated rings. The van der Waals surface area contributed by atoms with Gasteiger partial charge in [0.15, 0.2) is 0 Å². The Morgan fingerprint density at radius 2 is 2.00 bits per heavy atom. The average molecular weight is 297 g/mol. The van der Waals surface area contributed by atoms with Crippen LogP contribution in [0.4, 0.5) is 0 Å². The Labute approximate surface area is 134 Å². The molecule has 0 bridgehead atoms. The SMILES string of the molecule is CCCNCC1(CN(C)C(C)C(C)(C)C)CCCC(C)C1. The molecule has 1 N–H and O–H groups in total. The molecular weight excluding hydrogens is 256 g/mol. The van der Waals surface area contributed by atoms with Crippen LogP contribution in [0.3, 0.4) is 0 Å². The van der Waals surface area contributed by atoms with Gasteiger partial charge in [0.2, 0.25) is 0 Å². The van der Waals surface area contributed by atoms with Crippen LogP contribution < -0.4 is 5.32 Å². The molecule has 3 unspecified atom stereocenters. The minimum Gasteiger partial charge on any atom is -0.316 e. The first-order valence-electron chi connectivity index (χ1n) is 9.11. The number of rotatable bonds is 7. The highest BCUT2D eigenvalue weighted by Crippen LogP contribution is 2.40. The van der Waals surface area contributed by atoms with E-state index in [4.69, 9.17) is 0 Å². The lowest BCUT2D eigenvalue weighted by Gasteiger charge is -2.46. The zero-order valence-electron chi connectivity index (χ0n) is 15.8. The van der Waals surface area contributed by atoms with Crippen molar-refractivity contribution in [3.8, 4) is 0 Å². The van der Waals surface area contributed by atoms with Crippen LogP contribution in [0.15, 0.2) is 0 Å². The fraction of sp³-hybridized carbons (Fsp3) is 1.00. The molecule has 126 valence electrons. The molecule has 0 aromatic rings. The Kier molecular flexibility index (Phi) is 7.19. The minimum absolute atomic E-state index is 0.354. The highest BCUT2D eigenvalue weighted by Gasteiger charge is 2.37. The summed E-state index contributed by atoms with van der Waals surface area (Å²) in [5, 5.41) is 3.72. The maximum Gasteiger partial charge on any atom is 0.0113 e. The van der Waals surface area contributed by atoms with Crippen molar-refractivity contribution in [3.63, 3.8) is 0 Å². The van der Waals surface area contributed by atoms with E-state index in [1.165, 1.54) is 45.2 Å². The highest BCUT2D eigenvalue weighted by atomic mass is 15.1. The van der Waals surface area contributed by atoms with E-state index in [2.05, 4.69) is 58.8 Å². The fourth-order valence-electron chi connectivity index (χ4n) is 3.99. The summed E-state index contributed by atoms with van der Waals surface area (Å²) in [7, 11) is 2.33. The van der Waals surface area contributed by atoms with Crippen LogP contribution in [-0.2, 0) is 0 Å². The molecule has 2 nitrogen and oxygen atoms in total. The van der Waals surface area contributed by atoms with Crippen LogP contribution >= 0.6 is 0 Å². The second kappa shape index (κ2) is 7.97. The standard InChI is InChI=1S/C19H40N2/c1-8-12-20-14-19(11-9-10-16(2)13-19)15-21(7)17(3)18(4,5)6/h16-17,20H,8-15H2,1-7H3. The van der Waals surface area contributed by atoms with Gasteiger partial charge in [-0.25, -0.2) is 0 Å². The Morgan fingerprint density at radius 1 is 1.33 bits per heavy atom. The maximum atomic E-state index is 3.72. The lowest BCUT2D eigenvalue weighted by atomic mass is 9.69. The van der Waals surface area contributed by atoms with E-state index in [9.17, 15) is 0 Å². The normalized spacial score (nSPS) is 28.9. The molecule has 0 heterocycles. The van der Waals surface area contributed by atoms with Crippen molar-refractivity contribution in [2.45, 2.75) is 79.7 Å².